The molecule has 0 bridgehead atoms. The molecule has 4 rings (SSSR count). The highest BCUT2D eigenvalue weighted by molar-refractivity contribution is 5.38. The predicted molar refractivity (Wildman–Crippen MR) is 125 cm³/mol. The van der Waals surface area contributed by atoms with Crippen molar-refractivity contribution in [1.82, 2.24) is 19.7 Å². The van der Waals surface area contributed by atoms with Gasteiger partial charge in [0.15, 0.2) is 0 Å². The molecule has 0 amide bonds. The van der Waals surface area contributed by atoms with Crippen molar-refractivity contribution in [3.05, 3.63) is 76.4 Å². The highest BCUT2D eigenvalue weighted by Gasteiger charge is 2.24. The lowest BCUT2D eigenvalue weighted by atomic mass is 9.92. The number of aromatic nitrogens is 3. The van der Waals surface area contributed by atoms with E-state index in [1.165, 1.54) is 35.2 Å². The van der Waals surface area contributed by atoms with E-state index in [0.29, 0.717) is 5.92 Å². The fourth-order valence-electron chi connectivity index (χ4n) is 4.71. The highest BCUT2D eigenvalue weighted by Crippen LogP contribution is 2.29. The van der Waals surface area contributed by atoms with E-state index in [1.54, 1.807) is 7.11 Å². The molecule has 0 saturated carbocycles. The number of methoxy groups -OCH3 is 1. The summed E-state index contributed by atoms with van der Waals surface area (Å²) in [6.45, 7) is 10.5. The largest absolute Gasteiger partial charge is 0.496 e. The second-order valence-corrected chi connectivity index (χ2v) is 8.70. The van der Waals surface area contributed by atoms with Crippen LogP contribution in [0.5, 0.6) is 5.75 Å². The van der Waals surface area contributed by atoms with Gasteiger partial charge in [-0.05, 0) is 69.5 Å². The van der Waals surface area contributed by atoms with E-state index in [4.69, 9.17) is 9.72 Å². The first-order chi connectivity index (χ1) is 15.1. The average Bonchev–Trinajstić information content (AvgIpc) is 3.13. The molecule has 3 aromatic rings. The molecule has 1 atom stereocenters. The van der Waals surface area contributed by atoms with Gasteiger partial charge in [-0.15, -0.1) is 0 Å². The van der Waals surface area contributed by atoms with Crippen LogP contribution in [0.3, 0.4) is 0 Å². The van der Waals surface area contributed by atoms with E-state index >= 15 is 0 Å². The molecule has 1 fully saturated rings. The maximum atomic E-state index is 5.56. The summed E-state index contributed by atoms with van der Waals surface area (Å²) in [7, 11) is 1.74. The van der Waals surface area contributed by atoms with Gasteiger partial charge in [0.2, 0.25) is 0 Å². The van der Waals surface area contributed by atoms with Gasteiger partial charge in [-0.1, -0.05) is 18.2 Å². The van der Waals surface area contributed by atoms with Crippen LogP contribution in [0.15, 0.2) is 42.6 Å². The zero-order chi connectivity index (χ0) is 21.8. The van der Waals surface area contributed by atoms with Crippen molar-refractivity contribution < 1.29 is 4.74 Å². The third-order valence-electron chi connectivity index (χ3n) is 6.31. The van der Waals surface area contributed by atoms with Gasteiger partial charge in [0.1, 0.15) is 5.75 Å². The summed E-state index contributed by atoms with van der Waals surface area (Å²) in [4.78, 5) is 7.52. The molecule has 5 nitrogen and oxygen atoms in total. The minimum Gasteiger partial charge on any atom is -0.496 e. The van der Waals surface area contributed by atoms with Crippen LogP contribution in [0, 0.1) is 13.8 Å². The van der Waals surface area contributed by atoms with E-state index in [1.807, 2.05) is 16.8 Å². The number of para-hydroxylation sites is 1. The Bertz CT molecular complexity index is 1030. The number of rotatable bonds is 7. The highest BCUT2D eigenvalue weighted by atomic mass is 16.5. The van der Waals surface area contributed by atoms with Gasteiger partial charge in [0, 0.05) is 55.1 Å². The van der Waals surface area contributed by atoms with Crippen molar-refractivity contribution in [2.24, 2.45) is 0 Å². The Labute approximate surface area is 186 Å². The Hall–Kier alpha value is -2.66. The van der Waals surface area contributed by atoms with Crippen LogP contribution in [-0.2, 0) is 19.5 Å². The predicted octanol–water partition coefficient (Wildman–Crippen LogP) is 4.89. The van der Waals surface area contributed by atoms with E-state index in [9.17, 15) is 0 Å². The quantitative estimate of drug-likeness (QED) is 0.548. The standard InChI is InChI=1S/C26H34N4O/c1-5-30-18-24(20(3)28-30)17-29-12-8-10-23(16-29)25-15-21(13-19(2)27-25)14-22-9-6-7-11-26(22)31-4/h6-7,9,11,13,15,18,23H,5,8,10,12,14,16-17H2,1-4H3/t23-/m0/s1. The Morgan fingerprint density at radius 1 is 1.13 bits per heavy atom. The average molecular weight is 419 g/mol. The molecule has 3 heterocycles. The third kappa shape index (κ3) is 5.16. The molecule has 0 unspecified atom stereocenters. The van der Waals surface area contributed by atoms with Crippen molar-refractivity contribution in [3.8, 4) is 5.75 Å². The molecule has 0 aliphatic carbocycles. The van der Waals surface area contributed by atoms with Gasteiger partial charge in [-0.2, -0.15) is 5.10 Å². The van der Waals surface area contributed by atoms with Crippen LogP contribution >= 0.6 is 0 Å². The van der Waals surface area contributed by atoms with E-state index in [2.05, 4.69) is 61.2 Å². The van der Waals surface area contributed by atoms with Crippen LogP contribution in [-0.4, -0.2) is 39.9 Å². The maximum Gasteiger partial charge on any atom is 0.122 e. The van der Waals surface area contributed by atoms with Gasteiger partial charge in [-0.25, -0.2) is 0 Å². The molecule has 1 aliphatic rings. The van der Waals surface area contributed by atoms with Crippen molar-refractivity contribution in [3.63, 3.8) is 0 Å². The Morgan fingerprint density at radius 3 is 2.74 bits per heavy atom. The Balaban J connectivity index is 1.50. The summed E-state index contributed by atoms with van der Waals surface area (Å²) in [6, 6.07) is 12.8. The van der Waals surface area contributed by atoms with Crippen molar-refractivity contribution in [1.29, 1.82) is 0 Å². The van der Waals surface area contributed by atoms with Crippen LogP contribution in [0.4, 0.5) is 0 Å². The number of hydrogen-bond acceptors (Lipinski definition) is 4. The van der Waals surface area contributed by atoms with Gasteiger partial charge in [-0.3, -0.25) is 14.6 Å². The number of piperidine rings is 1. The lowest BCUT2D eigenvalue weighted by Gasteiger charge is -2.32. The molecule has 1 saturated heterocycles. The van der Waals surface area contributed by atoms with Crippen LogP contribution in [0.2, 0.25) is 0 Å². The monoisotopic (exact) mass is 418 g/mol. The van der Waals surface area contributed by atoms with E-state index < -0.39 is 0 Å². The molecule has 164 valence electrons. The molecule has 0 spiro atoms. The summed E-state index contributed by atoms with van der Waals surface area (Å²) in [6.07, 6.45) is 5.48. The molecule has 0 N–H and O–H groups in total. The summed E-state index contributed by atoms with van der Waals surface area (Å²) in [5.41, 5.74) is 7.35. The first kappa shape index (κ1) is 21.6. The normalized spacial score (nSPS) is 17.1. The summed E-state index contributed by atoms with van der Waals surface area (Å²) < 4.78 is 7.60. The van der Waals surface area contributed by atoms with Gasteiger partial charge >= 0.3 is 0 Å². The van der Waals surface area contributed by atoms with Gasteiger partial charge in [0.25, 0.3) is 0 Å². The Kier molecular flexibility index (Phi) is 6.71. The van der Waals surface area contributed by atoms with E-state index in [0.717, 1.165) is 49.7 Å². The summed E-state index contributed by atoms with van der Waals surface area (Å²) >= 11 is 0. The molecule has 1 aromatic carbocycles. The zero-order valence-corrected chi connectivity index (χ0v) is 19.3. The summed E-state index contributed by atoms with van der Waals surface area (Å²) in [5, 5.41) is 4.62. The second kappa shape index (κ2) is 9.65. The smallest absolute Gasteiger partial charge is 0.122 e. The van der Waals surface area contributed by atoms with E-state index in [-0.39, 0.29) is 0 Å². The van der Waals surface area contributed by atoms with Gasteiger partial charge in [0.05, 0.1) is 12.8 Å². The van der Waals surface area contributed by atoms with Crippen LogP contribution in [0.25, 0.3) is 0 Å². The number of pyridine rings is 1. The molecule has 31 heavy (non-hydrogen) atoms. The van der Waals surface area contributed by atoms with Gasteiger partial charge < -0.3 is 4.74 Å². The lowest BCUT2D eigenvalue weighted by Crippen LogP contribution is -2.34. The number of ether oxygens (including phenoxy) is 1. The third-order valence-corrected chi connectivity index (χ3v) is 6.31. The topological polar surface area (TPSA) is 43.2 Å². The Morgan fingerprint density at radius 2 is 1.97 bits per heavy atom. The number of aryl methyl sites for hydroxylation is 3. The molecule has 5 heteroatoms. The molecular weight excluding hydrogens is 384 g/mol. The molecular formula is C26H34N4O. The first-order valence-corrected chi connectivity index (χ1v) is 11.4. The summed E-state index contributed by atoms with van der Waals surface area (Å²) in [5.74, 6) is 1.43. The maximum absolute atomic E-state index is 5.56. The minimum atomic E-state index is 0.478. The second-order valence-electron chi connectivity index (χ2n) is 8.70. The number of hydrogen-bond donors (Lipinski definition) is 0. The van der Waals surface area contributed by atoms with Crippen molar-refractivity contribution in [2.45, 2.75) is 59.0 Å². The number of benzene rings is 1. The lowest BCUT2D eigenvalue weighted by molar-refractivity contribution is 0.198. The minimum absolute atomic E-state index is 0.478. The molecule has 0 radical (unpaired) electrons. The van der Waals surface area contributed by atoms with Crippen molar-refractivity contribution >= 4 is 0 Å². The fourth-order valence-corrected chi connectivity index (χ4v) is 4.71. The first-order valence-electron chi connectivity index (χ1n) is 11.4. The number of nitrogens with zero attached hydrogens (tertiary/aromatic N) is 4. The molecule has 2 aromatic heterocycles. The van der Waals surface area contributed by atoms with Crippen LogP contribution < -0.4 is 4.74 Å². The van der Waals surface area contributed by atoms with Crippen molar-refractivity contribution in [2.75, 3.05) is 20.2 Å². The SMILES string of the molecule is CCn1cc(CN2CCC[C@H](c3cc(Cc4ccccc4OC)cc(C)n3)C2)c(C)n1. The zero-order valence-electron chi connectivity index (χ0n) is 19.3. The molecule has 1 aliphatic heterocycles. The fraction of sp³-hybridized carbons (Fsp3) is 0.462. The van der Waals surface area contributed by atoms with Crippen LogP contribution in [0.1, 0.15) is 59.5 Å². The number of likely N-dealkylation sites (tertiary alicyclic amines) is 1.